The Labute approximate surface area is 122 Å². The van der Waals surface area contributed by atoms with E-state index in [2.05, 4.69) is 26.0 Å². The lowest BCUT2D eigenvalue weighted by atomic mass is 10.2. The first-order chi connectivity index (χ1) is 9.56. The fraction of sp³-hybridized carbons (Fsp3) is 0.143. The van der Waals surface area contributed by atoms with Gasteiger partial charge in [0.25, 0.3) is 0 Å². The maximum atomic E-state index is 13.2. The Morgan fingerprint density at radius 3 is 2.65 bits per heavy atom. The van der Waals surface area contributed by atoms with E-state index in [-0.39, 0.29) is 18.1 Å². The molecule has 0 aliphatic carbocycles. The van der Waals surface area contributed by atoms with Crippen LogP contribution in [0.1, 0.15) is 5.56 Å². The van der Waals surface area contributed by atoms with E-state index in [1.807, 2.05) is 0 Å². The number of hydrogen-bond donors (Lipinski definition) is 1. The number of anilines is 1. The Balaban J connectivity index is 2.12. The second-order valence-electron chi connectivity index (χ2n) is 3.96. The molecule has 20 heavy (non-hydrogen) atoms. The largest absolute Gasteiger partial charge is 0.433 e. The van der Waals surface area contributed by atoms with Gasteiger partial charge in [-0.15, -0.1) is 0 Å². The standard InChI is InChI=1S/C14H11BrF3NO/c15-11-6-5-10(16)7-9(11)8-19-12-3-1-2-4-13(12)20-14(17)18/h1-7,14,19H,8H2. The number of nitrogens with one attached hydrogen (secondary N) is 1. The van der Waals surface area contributed by atoms with Crippen molar-refractivity contribution in [1.29, 1.82) is 0 Å². The fourth-order valence-electron chi connectivity index (χ4n) is 1.68. The summed E-state index contributed by atoms with van der Waals surface area (Å²) in [5, 5.41) is 2.95. The summed E-state index contributed by atoms with van der Waals surface area (Å²) in [5.74, 6) is -0.308. The van der Waals surface area contributed by atoms with E-state index in [1.165, 1.54) is 18.2 Å². The lowest BCUT2D eigenvalue weighted by Crippen LogP contribution is -2.06. The Bertz CT molecular complexity index is 592. The summed E-state index contributed by atoms with van der Waals surface area (Å²) in [6, 6.07) is 10.6. The van der Waals surface area contributed by atoms with Crippen molar-refractivity contribution in [2.75, 3.05) is 5.32 Å². The Morgan fingerprint density at radius 2 is 1.90 bits per heavy atom. The molecule has 0 saturated heterocycles. The van der Waals surface area contributed by atoms with Crippen LogP contribution < -0.4 is 10.1 Å². The predicted molar refractivity (Wildman–Crippen MR) is 74.5 cm³/mol. The second kappa shape index (κ2) is 6.65. The summed E-state index contributed by atoms with van der Waals surface area (Å²) in [5.41, 5.74) is 1.10. The van der Waals surface area contributed by atoms with Crippen molar-refractivity contribution in [3.63, 3.8) is 0 Å². The molecule has 6 heteroatoms. The predicted octanol–water partition coefficient (Wildman–Crippen LogP) is 4.80. The van der Waals surface area contributed by atoms with Gasteiger partial charge in [0.2, 0.25) is 0 Å². The van der Waals surface area contributed by atoms with Gasteiger partial charge in [-0.2, -0.15) is 8.78 Å². The quantitative estimate of drug-likeness (QED) is 0.840. The number of hydrogen-bond acceptors (Lipinski definition) is 2. The second-order valence-corrected chi connectivity index (χ2v) is 4.82. The summed E-state index contributed by atoms with van der Waals surface area (Å²) in [4.78, 5) is 0. The first kappa shape index (κ1) is 14.7. The van der Waals surface area contributed by atoms with E-state index >= 15 is 0 Å². The van der Waals surface area contributed by atoms with Gasteiger partial charge in [0.05, 0.1) is 5.69 Å². The highest BCUT2D eigenvalue weighted by molar-refractivity contribution is 9.10. The van der Waals surface area contributed by atoms with Gasteiger partial charge >= 0.3 is 6.61 Å². The van der Waals surface area contributed by atoms with E-state index in [0.29, 0.717) is 11.3 Å². The van der Waals surface area contributed by atoms with E-state index in [4.69, 9.17) is 0 Å². The van der Waals surface area contributed by atoms with Crippen LogP contribution in [-0.2, 0) is 6.54 Å². The maximum absolute atomic E-state index is 13.2. The molecule has 2 aromatic rings. The number of benzene rings is 2. The van der Waals surface area contributed by atoms with Crippen molar-refractivity contribution < 1.29 is 17.9 Å². The zero-order chi connectivity index (χ0) is 14.5. The van der Waals surface area contributed by atoms with Gasteiger partial charge in [0.15, 0.2) is 0 Å². The van der Waals surface area contributed by atoms with Gasteiger partial charge in [-0.05, 0) is 35.9 Å². The molecule has 0 unspecified atom stereocenters. The van der Waals surface area contributed by atoms with Crippen LogP contribution in [0.3, 0.4) is 0 Å². The van der Waals surface area contributed by atoms with Crippen LogP contribution in [0, 0.1) is 5.82 Å². The molecule has 106 valence electrons. The number of ether oxygens (including phenoxy) is 1. The average Bonchev–Trinajstić information content (AvgIpc) is 2.41. The van der Waals surface area contributed by atoms with Crippen LogP contribution in [0.25, 0.3) is 0 Å². The highest BCUT2D eigenvalue weighted by Crippen LogP contribution is 2.27. The van der Waals surface area contributed by atoms with Crippen molar-refractivity contribution in [1.82, 2.24) is 0 Å². The summed E-state index contributed by atoms with van der Waals surface area (Å²) < 4.78 is 42.8. The van der Waals surface area contributed by atoms with E-state index < -0.39 is 6.61 Å². The Kier molecular flexibility index (Phi) is 4.89. The first-order valence-electron chi connectivity index (χ1n) is 5.78. The SMILES string of the molecule is Fc1ccc(Br)c(CNc2ccccc2OC(F)F)c1. The van der Waals surface area contributed by atoms with Gasteiger partial charge in [-0.25, -0.2) is 4.39 Å². The van der Waals surface area contributed by atoms with Gasteiger partial charge in [-0.1, -0.05) is 28.1 Å². The molecule has 0 radical (unpaired) electrons. The zero-order valence-electron chi connectivity index (χ0n) is 10.2. The van der Waals surface area contributed by atoms with Crippen LogP contribution >= 0.6 is 15.9 Å². The van der Waals surface area contributed by atoms with Gasteiger partial charge in [0, 0.05) is 11.0 Å². The third kappa shape index (κ3) is 3.90. The molecule has 0 aromatic heterocycles. The molecule has 0 heterocycles. The normalized spacial score (nSPS) is 10.7. The number of halogens is 4. The zero-order valence-corrected chi connectivity index (χ0v) is 11.8. The molecule has 0 aliphatic heterocycles. The molecule has 0 fully saturated rings. The molecule has 0 saturated carbocycles. The van der Waals surface area contributed by atoms with Crippen molar-refractivity contribution in [3.05, 3.63) is 58.3 Å². The van der Waals surface area contributed by atoms with Crippen molar-refractivity contribution in [2.24, 2.45) is 0 Å². The van der Waals surface area contributed by atoms with Gasteiger partial charge in [-0.3, -0.25) is 0 Å². The molecule has 0 bridgehead atoms. The molecule has 2 nitrogen and oxygen atoms in total. The molecule has 0 atom stereocenters. The van der Waals surface area contributed by atoms with Crippen molar-refractivity contribution >= 4 is 21.6 Å². The fourth-order valence-corrected chi connectivity index (χ4v) is 2.07. The van der Waals surface area contributed by atoms with Crippen molar-refractivity contribution in [3.8, 4) is 5.75 Å². The van der Waals surface area contributed by atoms with Crippen LogP contribution in [0.15, 0.2) is 46.9 Å². The number of para-hydroxylation sites is 2. The van der Waals surface area contributed by atoms with Crippen LogP contribution in [0.5, 0.6) is 5.75 Å². The summed E-state index contributed by atoms with van der Waals surface area (Å²) in [6.45, 7) is -2.61. The monoisotopic (exact) mass is 345 g/mol. The minimum atomic E-state index is -2.89. The van der Waals surface area contributed by atoms with Crippen LogP contribution in [0.2, 0.25) is 0 Å². The smallest absolute Gasteiger partial charge is 0.387 e. The molecule has 1 N–H and O–H groups in total. The first-order valence-corrected chi connectivity index (χ1v) is 6.57. The Morgan fingerprint density at radius 1 is 1.15 bits per heavy atom. The molecule has 2 rings (SSSR count). The lowest BCUT2D eigenvalue weighted by Gasteiger charge is -2.13. The molecular weight excluding hydrogens is 335 g/mol. The number of rotatable bonds is 5. The molecule has 0 spiro atoms. The average molecular weight is 346 g/mol. The molecule has 2 aromatic carbocycles. The minimum absolute atomic E-state index is 0.0509. The molecule has 0 aliphatic rings. The third-order valence-corrected chi connectivity index (χ3v) is 3.35. The highest BCUT2D eigenvalue weighted by Gasteiger charge is 2.09. The van der Waals surface area contributed by atoms with Gasteiger partial charge in [0.1, 0.15) is 11.6 Å². The van der Waals surface area contributed by atoms with E-state index in [1.54, 1.807) is 24.3 Å². The topological polar surface area (TPSA) is 21.3 Å². The molecule has 0 amide bonds. The number of alkyl halides is 2. The Hall–Kier alpha value is -1.69. The van der Waals surface area contributed by atoms with Crippen LogP contribution in [0.4, 0.5) is 18.9 Å². The highest BCUT2D eigenvalue weighted by atomic mass is 79.9. The summed E-state index contributed by atoms with van der Waals surface area (Å²) in [6.07, 6.45) is 0. The summed E-state index contributed by atoms with van der Waals surface area (Å²) >= 11 is 3.30. The third-order valence-electron chi connectivity index (χ3n) is 2.58. The van der Waals surface area contributed by atoms with Gasteiger partial charge < -0.3 is 10.1 Å². The summed E-state index contributed by atoms with van der Waals surface area (Å²) in [7, 11) is 0. The van der Waals surface area contributed by atoms with Crippen LogP contribution in [-0.4, -0.2) is 6.61 Å². The molecular formula is C14H11BrF3NO. The minimum Gasteiger partial charge on any atom is -0.433 e. The maximum Gasteiger partial charge on any atom is 0.387 e. The van der Waals surface area contributed by atoms with E-state index in [9.17, 15) is 13.2 Å². The van der Waals surface area contributed by atoms with Crippen molar-refractivity contribution in [2.45, 2.75) is 13.2 Å². The van der Waals surface area contributed by atoms with E-state index in [0.717, 1.165) is 4.47 Å². The lowest BCUT2D eigenvalue weighted by molar-refractivity contribution is -0.0493.